The predicted octanol–water partition coefficient (Wildman–Crippen LogP) is 12.4. The highest BCUT2D eigenvalue weighted by Gasteiger charge is 2.20. The molecule has 3 nitrogen and oxygen atoms in total. The molecular weight excluding hydrogens is 585 g/mol. The van der Waals surface area contributed by atoms with Crippen LogP contribution in [0, 0.1) is 0 Å². The molecule has 3 heteroatoms. The third-order valence-corrected chi connectivity index (χ3v) is 10.1. The number of hydrogen-bond donors (Lipinski definition) is 0. The average Bonchev–Trinajstić information content (AvgIpc) is 3.68. The van der Waals surface area contributed by atoms with Gasteiger partial charge in [0.1, 0.15) is 11.2 Å². The van der Waals surface area contributed by atoms with Crippen LogP contribution in [0.5, 0.6) is 0 Å². The molecule has 0 aliphatic carbocycles. The second kappa shape index (κ2) is 9.54. The van der Waals surface area contributed by atoms with Gasteiger partial charge in [0.15, 0.2) is 0 Å². The summed E-state index contributed by atoms with van der Waals surface area (Å²) in [6.07, 6.45) is 0. The van der Waals surface area contributed by atoms with Crippen LogP contribution in [-0.2, 0) is 0 Å². The van der Waals surface area contributed by atoms with E-state index in [4.69, 9.17) is 9.40 Å². The molecule has 0 aliphatic heterocycles. The third-order valence-electron chi connectivity index (χ3n) is 10.1. The Hall–Kier alpha value is -6.45. The molecule has 3 aromatic heterocycles. The molecule has 48 heavy (non-hydrogen) atoms. The molecule has 0 N–H and O–H groups in total. The Morgan fingerprint density at radius 3 is 1.85 bits per heavy atom. The fraction of sp³-hybridized carbons (Fsp3) is 0. The normalized spacial score (nSPS) is 12.2. The van der Waals surface area contributed by atoms with Crippen molar-refractivity contribution in [3.63, 3.8) is 0 Å². The molecule has 11 rings (SSSR count). The molecule has 0 unspecified atom stereocenters. The molecule has 0 saturated heterocycles. The first-order chi connectivity index (χ1) is 23.8. The number of fused-ring (bicyclic) bond motifs is 14. The van der Waals surface area contributed by atoms with E-state index < -0.39 is 0 Å². The zero-order chi connectivity index (χ0) is 31.3. The Labute approximate surface area is 274 Å². The predicted molar refractivity (Wildman–Crippen MR) is 201 cm³/mol. The highest BCUT2D eigenvalue weighted by molar-refractivity contribution is 6.33. The van der Waals surface area contributed by atoms with Crippen molar-refractivity contribution in [1.29, 1.82) is 0 Å². The molecule has 3 heterocycles. The number of pyridine rings is 1. The largest absolute Gasteiger partial charge is 0.456 e. The van der Waals surface area contributed by atoms with Crippen LogP contribution in [0.1, 0.15) is 0 Å². The molecule has 0 aliphatic rings. The maximum atomic E-state index is 6.33. The molecule has 0 spiro atoms. The lowest BCUT2D eigenvalue weighted by molar-refractivity contribution is 0.669. The van der Waals surface area contributed by atoms with Crippen molar-refractivity contribution in [2.24, 2.45) is 0 Å². The first-order valence-corrected chi connectivity index (χ1v) is 16.4. The number of hydrogen-bond acceptors (Lipinski definition) is 2. The van der Waals surface area contributed by atoms with Crippen molar-refractivity contribution in [2.75, 3.05) is 0 Å². The fourth-order valence-electron chi connectivity index (χ4n) is 8.09. The fourth-order valence-corrected chi connectivity index (χ4v) is 8.09. The Balaban J connectivity index is 1.25. The monoisotopic (exact) mass is 610 g/mol. The highest BCUT2D eigenvalue weighted by Crippen LogP contribution is 2.44. The zero-order valence-electron chi connectivity index (χ0n) is 25.8. The van der Waals surface area contributed by atoms with Gasteiger partial charge in [-0.2, -0.15) is 0 Å². The zero-order valence-corrected chi connectivity index (χ0v) is 25.8. The molecule has 0 saturated carbocycles. The lowest BCUT2D eigenvalue weighted by atomic mass is 9.90. The molecular formula is C45H26N2O. The lowest BCUT2D eigenvalue weighted by Gasteiger charge is -2.17. The van der Waals surface area contributed by atoms with Gasteiger partial charge in [-0.15, -0.1) is 0 Å². The van der Waals surface area contributed by atoms with Crippen LogP contribution in [-0.4, -0.2) is 9.55 Å². The Bertz CT molecular complexity index is 3130. The number of benzene rings is 8. The molecule has 0 radical (unpaired) electrons. The average molecular weight is 611 g/mol. The summed E-state index contributed by atoms with van der Waals surface area (Å²) in [5, 5.41) is 13.2. The maximum Gasteiger partial charge on any atom is 0.136 e. The van der Waals surface area contributed by atoms with Crippen molar-refractivity contribution in [1.82, 2.24) is 9.55 Å². The van der Waals surface area contributed by atoms with Crippen LogP contribution < -0.4 is 0 Å². The van der Waals surface area contributed by atoms with Crippen molar-refractivity contribution in [2.45, 2.75) is 0 Å². The van der Waals surface area contributed by atoms with Crippen molar-refractivity contribution < 1.29 is 4.42 Å². The van der Waals surface area contributed by atoms with E-state index >= 15 is 0 Å². The van der Waals surface area contributed by atoms with E-state index in [0.29, 0.717) is 0 Å². The van der Waals surface area contributed by atoms with Gasteiger partial charge in [-0.25, -0.2) is 4.98 Å². The van der Waals surface area contributed by atoms with Crippen LogP contribution in [0.4, 0.5) is 0 Å². The number of nitrogens with zero attached hydrogens (tertiary/aromatic N) is 2. The van der Waals surface area contributed by atoms with E-state index in [1.165, 1.54) is 48.5 Å². The molecule has 11 aromatic rings. The lowest BCUT2D eigenvalue weighted by Crippen LogP contribution is -1.96. The highest BCUT2D eigenvalue weighted by atomic mass is 16.3. The van der Waals surface area contributed by atoms with Crippen LogP contribution in [0.2, 0.25) is 0 Å². The van der Waals surface area contributed by atoms with Gasteiger partial charge < -0.3 is 8.98 Å². The Morgan fingerprint density at radius 1 is 0.396 bits per heavy atom. The summed E-state index contributed by atoms with van der Waals surface area (Å²) < 4.78 is 8.72. The molecule has 0 amide bonds. The number of furan rings is 1. The van der Waals surface area contributed by atoms with Gasteiger partial charge in [0.2, 0.25) is 0 Å². The summed E-state index contributed by atoms with van der Waals surface area (Å²) in [5.74, 6) is 0. The van der Waals surface area contributed by atoms with E-state index in [9.17, 15) is 0 Å². The Kier molecular flexibility index (Phi) is 5.11. The van der Waals surface area contributed by atoms with Gasteiger partial charge in [0.25, 0.3) is 0 Å². The summed E-state index contributed by atoms with van der Waals surface area (Å²) in [6, 6.07) is 56.5. The molecule has 0 bridgehead atoms. The van der Waals surface area contributed by atoms with Gasteiger partial charge in [-0.1, -0.05) is 115 Å². The minimum Gasteiger partial charge on any atom is -0.456 e. The summed E-state index contributed by atoms with van der Waals surface area (Å²) in [6.45, 7) is 0. The first kappa shape index (κ1) is 25.7. The maximum absolute atomic E-state index is 6.33. The van der Waals surface area contributed by atoms with E-state index in [0.717, 1.165) is 55.4 Å². The number of rotatable bonds is 2. The van der Waals surface area contributed by atoms with Crippen molar-refractivity contribution >= 4 is 87.0 Å². The molecule has 222 valence electrons. The number of aromatic nitrogens is 2. The summed E-state index contributed by atoms with van der Waals surface area (Å²) in [5.41, 5.74) is 8.31. The van der Waals surface area contributed by atoms with E-state index in [1.807, 2.05) is 12.1 Å². The van der Waals surface area contributed by atoms with Crippen molar-refractivity contribution in [3.05, 3.63) is 158 Å². The van der Waals surface area contributed by atoms with Crippen LogP contribution in [0.3, 0.4) is 0 Å². The van der Waals surface area contributed by atoms with Crippen LogP contribution >= 0.6 is 0 Å². The van der Waals surface area contributed by atoms with E-state index in [-0.39, 0.29) is 0 Å². The Morgan fingerprint density at radius 2 is 1.04 bits per heavy atom. The minimum atomic E-state index is 0.909. The van der Waals surface area contributed by atoms with Crippen LogP contribution in [0.15, 0.2) is 162 Å². The molecule has 0 fully saturated rings. The van der Waals surface area contributed by atoms with Gasteiger partial charge in [-0.3, -0.25) is 0 Å². The van der Waals surface area contributed by atoms with E-state index in [2.05, 4.69) is 150 Å². The second-order valence-electron chi connectivity index (χ2n) is 12.7. The second-order valence-corrected chi connectivity index (χ2v) is 12.7. The van der Waals surface area contributed by atoms with Gasteiger partial charge in [0, 0.05) is 49.0 Å². The molecule has 8 aromatic carbocycles. The summed E-state index contributed by atoms with van der Waals surface area (Å²) in [7, 11) is 0. The molecule has 0 atom stereocenters. The minimum absolute atomic E-state index is 0.909. The summed E-state index contributed by atoms with van der Waals surface area (Å²) in [4.78, 5) is 5.42. The van der Waals surface area contributed by atoms with E-state index in [1.54, 1.807) is 0 Å². The topological polar surface area (TPSA) is 31.0 Å². The van der Waals surface area contributed by atoms with Gasteiger partial charge >= 0.3 is 0 Å². The SMILES string of the molecule is c1cc(-c2nc3ccccc3c3c4ccccc4c4ccccc4c23)cc(-n2c3ccccc3c3cc4oc5ccccc5c4cc32)c1. The quantitative estimate of drug-likeness (QED) is 0.182. The smallest absolute Gasteiger partial charge is 0.136 e. The van der Waals surface area contributed by atoms with Gasteiger partial charge in [0.05, 0.1) is 22.2 Å². The first-order valence-electron chi connectivity index (χ1n) is 16.4. The number of para-hydroxylation sites is 3. The van der Waals surface area contributed by atoms with Crippen molar-refractivity contribution in [3.8, 4) is 16.9 Å². The standard InChI is InChI=1S/C45H26N2O/c1-3-18-33-29(14-1)30-15-2-4-19-34(30)44-43(33)35-20-5-8-21-38(35)46-45(44)27-12-11-13-28(24-27)47-39-22-9-6-16-31(39)36-26-42-37(25-40(36)47)32-17-7-10-23-41(32)48-42/h1-26H. The summed E-state index contributed by atoms with van der Waals surface area (Å²) >= 11 is 0. The third kappa shape index (κ3) is 3.45. The van der Waals surface area contributed by atoms with Gasteiger partial charge in [-0.05, 0) is 64.0 Å². The van der Waals surface area contributed by atoms with Crippen LogP contribution in [0.25, 0.3) is 104 Å².